The molecule has 10 heteroatoms. The van der Waals surface area contributed by atoms with Crippen molar-refractivity contribution in [3.05, 3.63) is 80.6 Å². The Morgan fingerprint density at radius 1 is 1.12 bits per heavy atom. The van der Waals surface area contributed by atoms with Gasteiger partial charge in [-0.05, 0) is 55.3 Å². The zero-order valence-electron chi connectivity index (χ0n) is 16.6. The molecule has 5 rings (SSSR count). The fourth-order valence-corrected chi connectivity index (χ4v) is 3.85. The summed E-state index contributed by atoms with van der Waals surface area (Å²) >= 11 is 11.9. The monoisotopic (exact) mass is 471 g/mol. The molecule has 0 spiro atoms. The van der Waals surface area contributed by atoms with Gasteiger partial charge in [0, 0.05) is 17.0 Å². The van der Waals surface area contributed by atoms with Gasteiger partial charge in [0.2, 0.25) is 5.91 Å². The molecule has 2 aromatic heterocycles. The topological polar surface area (TPSA) is 81.8 Å². The lowest BCUT2D eigenvalue weighted by atomic mass is 10.2. The Morgan fingerprint density at radius 2 is 1.88 bits per heavy atom. The lowest BCUT2D eigenvalue weighted by molar-refractivity contribution is -0.117. The minimum atomic E-state index is -0.462. The molecule has 4 aromatic rings. The molecule has 1 fully saturated rings. The highest BCUT2D eigenvalue weighted by Gasteiger charge is 2.30. The maximum absolute atomic E-state index is 13.4. The first-order chi connectivity index (χ1) is 15.4. The van der Waals surface area contributed by atoms with Crippen molar-refractivity contribution < 1.29 is 9.18 Å². The van der Waals surface area contributed by atoms with Crippen LogP contribution >= 0.6 is 23.2 Å². The predicted octanol–water partition coefficient (Wildman–Crippen LogP) is 4.54. The first kappa shape index (κ1) is 20.7. The minimum Gasteiger partial charge on any atom is -0.324 e. The number of nitrogens with zero attached hydrogens (tertiary/aromatic N) is 4. The van der Waals surface area contributed by atoms with Crippen LogP contribution in [0.25, 0.3) is 16.6 Å². The molecule has 0 radical (unpaired) electrons. The lowest BCUT2D eigenvalue weighted by Gasteiger charge is -2.11. The van der Waals surface area contributed by atoms with Crippen molar-refractivity contribution in [2.75, 3.05) is 5.32 Å². The van der Waals surface area contributed by atoms with Crippen LogP contribution in [0.3, 0.4) is 0 Å². The smallest absolute Gasteiger partial charge is 0.293 e. The van der Waals surface area contributed by atoms with Gasteiger partial charge >= 0.3 is 0 Å². The van der Waals surface area contributed by atoms with Crippen LogP contribution in [-0.2, 0) is 11.3 Å². The fraction of sp³-hybridized carbons (Fsp3) is 0.182. The van der Waals surface area contributed by atoms with Crippen molar-refractivity contribution in [2.24, 2.45) is 0 Å². The average molecular weight is 472 g/mol. The Labute approximate surface area is 191 Å². The first-order valence-corrected chi connectivity index (χ1v) is 10.7. The number of halogens is 3. The molecule has 1 aliphatic rings. The van der Waals surface area contributed by atoms with Gasteiger partial charge in [0.05, 0.1) is 27.6 Å². The Hall–Kier alpha value is -3.23. The van der Waals surface area contributed by atoms with E-state index in [1.165, 1.54) is 22.9 Å². The third kappa shape index (κ3) is 3.87. The highest BCUT2D eigenvalue weighted by molar-refractivity contribution is 6.42. The molecule has 2 aromatic carbocycles. The summed E-state index contributed by atoms with van der Waals surface area (Å²) in [6.45, 7) is -0.288. The first-order valence-electron chi connectivity index (χ1n) is 9.90. The van der Waals surface area contributed by atoms with Crippen LogP contribution < -0.4 is 10.9 Å². The summed E-state index contributed by atoms with van der Waals surface area (Å²) in [5.74, 6) is -0.609. The molecule has 0 saturated heterocycles. The van der Waals surface area contributed by atoms with E-state index in [0.717, 1.165) is 23.2 Å². The van der Waals surface area contributed by atoms with E-state index in [9.17, 15) is 14.0 Å². The van der Waals surface area contributed by atoms with Gasteiger partial charge in [-0.1, -0.05) is 23.2 Å². The van der Waals surface area contributed by atoms with Gasteiger partial charge in [-0.25, -0.2) is 13.8 Å². The fourth-order valence-electron chi connectivity index (χ4n) is 3.55. The van der Waals surface area contributed by atoms with Gasteiger partial charge in [-0.3, -0.25) is 9.59 Å². The normalized spacial score (nSPS) is 13.5. The predicted molar refractivity (Wildman–Crippen MR) is 120 cm³/mol. The van der Waals surface area contributed by atoms with Gasteiger partial charge in [-0.2, -0.15) is 10.2 Å². The summed E-state index contributed by atoms with van der Waals surface area (Å²) in [5.41, 5.74) is 1.57. The second-order valence-electron chi connectivity index (χ2n) is 7.59. The highest BCUT2D eigenvalue weighted by atomic mass is 35.5. The molecule has 1 N–H and O–H groups in total. The summed E-state index contributed by atoms with van der Waals surface area (Å²) in [6, 6.07) is 10.4. The summed E-state index contributed by atoms with van der Waals surface area (Å²) < 4.78 is 16.0. The maximum atomic E-state index is 13.4. The van der Waals surface area contributed by atoms with Crippen LogP contribution in [0.15, 0.2) is 53.5 Å². The molecule has 0 aliphatic heterocycles. The number of aromatic nitrogens is 4. The second-order valence-corrected chi connectivity index (χ2v) is 8.41. The third-order valence-electron chi connectivity index (χ3n) is 5.24. The van der Waals surface area contributed by atoms with Crippen LogP contribution in [0.1, 0.15) is 24.5 Å². The van der Waals surface area contributed by atoms with E-state index in [4.69, 9.17) is 23.2 Å². The van der Waals surface area contributed by atoms with E-state index in [1.807, 2.05) is 0 Å². The quantitative estimate of drug-likeness (QED) is 0.463. The second kappa shape index (κ2) is 8.03. The molecule has 0 atom stereocenters. The van der Waals surface area contributed by atoms with E-state index in [-0.39, 0.29) is 18.3 Å². The molecule has 2 heterocycles. The number of amides is 1. The Balaban J connectivity index is 1.54. The number of anilines is 1. The van der Waals surface area contributed by atoms with E-state index in [0.29, 0.717) is 32.3 Å². The standard InChI is InChI=1S/C22H16Cl2FN5O2/c23-17-8-5-14(9-18(17)24)27-19(31)11-29-22(32)21-16(20(28-29)12-1-2-12)10-26-30(21)15-6-3-13(25)4-7-15/h3-10,12H,1-2,11H2,(H,27,31). The Morgan fingerprint density at radius 3 is 2.56 bits per heavy atom. The van der Waals surface area contributed by atoms with Gasteiger partial charge in [-0.15, -0.1) is 0 Å². The molecular weight excluding hydrogens is 456 g/mol. The van der Waals surface area contributed by atoms with E-state index in [2.05, 4.69) is 15.5 Å². The number of hydrogen-bond donors (Lipinski definition) is 1. The molecule has 1 amide bonds. The van der Waals surface area contributed by atoms with Crippen LogP contribution in [0.2, 0.25) is 10.0 Å². The average Bonchev–Trinajstić information content (AvgIpc) is 3.51. The Kier molecular flexibility index (Phi) is 5.19. The number of nitrogens with one attached hydrogen (secondary N) is 1. The van der Waals surface area contributed by atoms with Crippen LogP contribution in [-0.4, -0.2) is 25.5 Å². The number of hydrogen-bond acceptors (Lipinski definition) is 4. The molecule has 32 heavy (non-hydrogen) atoms. The highest BCUT2D eigenvalue weighted by Crippen LogP contribution is 2.41. The lowest BCUT2D eigenvalue weighted by Crippen LogP contribution is -2.31. The molecular formula is C22H16Cl2FN5O2. The minimum absolute atomic E-state index is 0.216. The summed E-state index contributed by atoms with van der Waals surface area (Å²) in [4.78, 5) is 25.9. The third-order valence-corrected chi connectivity index (χ3v) is 5.98. The van der Waals surface area contributed by atoms with Crippen molar-refractivity contribution in [1.82, 2.24) is 19.6 Å². The van der Waals surface area contributed by atoms with Crippen molar-refractivity contribution in [2.45, 2.75) is 25.3 Å². The summed E-state index contributed by atoms with van der Waals surface area (Å²) in [7, 11) is 0. The summed E-state index contributed by atoms with van der Waals surface area (Å²) in [6.07, 6.45) is 3.51. The number of carbonyl (C=O) groups excluding carboxylic acids is 1. The number of benzene rings is 2. The van der Waals surface area contributed by atoms with Gasteiger partial charge in [0.1, 0.15) is 17.9 Å². The largest absolute Gasteiger partial charge is 0.324 e. The number of carbonyl (C=O) groups is 1. The Bertz CT molecular complexity index is 1410. The molecule has 1 saturated carbocycles. The van der Waals surface area contributed by atoms with Gasteiger partial charge in [0.25, 0.3) is 5.56 Å². The van der Waals surface area contributed by atoms with Crippen molar-refractivity contribution >= 4 is 45.7 Å². The van der Waals surface area contributed by atoms with Crippen molar-refractivity contribution in [1.29, 1.82) is 0 Å². The number of rotatable bonds is 5. The van der Waals surface area contributed by atoms with Crippen LogP contribution in [0.4, 0.5) is 10.1 Å². The van der Waals surface area contributed by atoms with E-state index in [1.54, 1.807) is 30.5 Å². The van der Waals surface area contributed by atoms with E-state index < -0.39 is 11.5 Å². The molecule has 1 aliphatic carbocycles. The molecule has 0 unspecified atom stereocenters. The van der Waals surface area contributed by atoms with Crippen molar-refractivity contribution in [3.8, 4) is 5.69 Å². The molecule has 0 bridgehead atoms. The van der Waals surface area contributed by atoms with Gasteiger partial charge < -0.3 is 5.32 Å². The van der Waals surface area contributed by atoms with E-state index >= 15 is 0 Å². The van der Waals surface area contributed by atoms with Crippen molar-refractivity contribution in [3.63, 3.8) is 0 Å². The zero-order valence-corrected chi connectivity index (χ0v) is 18.1. The zero-order chi connectivity index (χ0) is 22.4. The molecule has 7 nitrogen and oxygen atoms in total. The summed E-state index contributed by atoms with van der Waals surface area (Å²) in [5, 5.41) is 12.8. The van der Waals surface area contributed by atoms with Gasteiger partial charge in [0.15, 0.2) is 0 Å². The maximum Gasteiger partial charge on any atom is 0.293 e. The SMILES string of the molecule is O=C(Cn1nc(C2CC2)c2cnn(-c3ccc(F)cc3)c2c1=O)Nc1ccc(Cl)c(Cl)c1. The number of fused-ring (bicyclic) bond motifs is 1. The molecule has 162 valence electrons. The van der Waals surface area contributed by atoms with Crippen LogP contribution in [0, 0.1) is 5.82 Å². The van der Waals surface area contributed by atoms with Crippen LogP contribution in [0.5, 0.6) is 0 Å².